The largest absolute Gasteiger partial charge is 0.336 e. The lowest BCUT2D eigenvalue weighted by molar-refractivity contribution is -0.117. The molecule has 1 atom stereocenters. The van der Waals surface area contributed by atoms with Gasteiger partial charge in [-0.2, -0.15) is 0 Å². The van der Waals surface area contributed by atoms with Crippen LogP contribution >= 0.6 is 11.3 Å². The van der Waals surface area contributed by atoms with Crippen molar-refractivity contribution >= 4 is 38.4 Å². The number of fused-ring (bicyclic) bond motifs is 1. The van der Waals surface area contributed by atoms with E-state index in [2.05, 4.69) is 15.3 Å². The van der Waals surface area contributed by atoms with Gasteiger partial charge in [0.05, 0.1) is 0 Å². The molecule has 11 heteroatoms. The van der Waals surface area contributed by atoms with Crippen LogP contribution in [0.4, 0.5) is 24.0 Å². The molecule has 0 bridgehead atoms. The minimum atomic E-state index is -2.88. The highest BCUT2D eigenvalue weighted by atomic mass is 32.1. The van der Waals surface area contributed by atoms with Crippen LogP contribution in [0.1, 0.15) is 32.0 Å². The van der Waals surface area contributed by atoms with Crippen LogP contribution in [0.5, 0.6) is 0 Å². The number of nitrogens with one attached hydrogen (secondary N) is 1. The van der Waals surface area contributed by atoms with Crippen LogP contribution in [0.2, 0.25) is 0 Å². The summed E-state index contributed by atoms with van der Waals surface area (Å²) in [7, 11) is 0. The molecule has 0 radical (unpaired) electrons. The Bertz CT molecular complexity index is 1150. The van der Waals surface area contributed by atoms with Crippen LogP contribution < -0.4 is 15.8 Å². The quantitative estimate of drug-likeness (QED) is 0.660. The molecule has 1 aliphatic rings. The average Bonchev–Trinajstić information content (AvgIpc) is 3.36. The first-order valence-electron chi connectivity index (χ1n) is 9.41. The third kappa shape index (κ3) is 3.64. The Morgan fingerprint density at radius 3 is 2.70 bits per heavy atom. The summed E-state index contributed by atoms with van der Waals surface area (Å²) in [6.07, 6.45) is -1.59. The van der Waals surface area contributed by atoms with E-state index in [9.17, 15) is 22.8 Å². The molecule has 1 N–H and O–H groups in total. The fourth-order valence-corrected chi connectivity index (χ4v) is 4.55. The Morgan fingerprint density at radius 1 is 1.30 bits per heavy atom. The van der Waals surface area contributed by atoms with Gasteiger partial charge in [0.2, 0.25) is 5.91 Å². The van der Waals surface area contributed by atoms with Gasteiger partial charge in [0.15, 0.2) is 21.3 Å². The monoisotopic (exact) mass is 437 g/mol. The van der Waals surface area contributed by atoms with Crippen LogP contribution in [0.15, 0.2) is 29.1 Å². The number of nitrogens with zero attached hydrogens (tertiary/aromatic N) is 4. The molecule has 4 rings (SSSR count). The van der Waals surface area contributed by atoms with Gasteiger partial charge in [0.1, 0.15) is 11.9 Å². The highest BCUT2D eigenvalue weighted by Gasteiger charge is 2.33. The van der Waals surface area contributed by atoms with E-state index < -0.39 is 29.7 Å². The molecular formula is C19H18F3N5O2S. The van der Waals surface area contributed by atoms with Gasteiger partial charge in [-0.15, -0.1) is 0 Å². The molecule has 3 heterocycles. The van der Waals surface area contributed by atoms with Gasteiger partial charge >= 0.3 is 0 Å². The van der Waals surface area contributed by atoms with E-state index in [-0.39, 0.29) is 22.8 Å². The number of halogens is 3. The predicted molar refractivity (Wildman–Crippen MR) is 108 cm³/mol. The van der Waals surface area contributed by atoms with Crippen molar-refractivity contribution in [3.8, 4) is 0 Å². The maximum Gasteiger partial charge on any atom is 0.295 e. The third-order valence-corrected chi connectivity index (χ3v) is 5.95. The van der Waals surface area contributed by atoms with Crippen LogP contribution in [0, 0.1) is 5.82 Å². The van der Waals surface area contributed by atoms with Gasteiger partial charge in [-0.05, 0) is 44.0 Å². The fraction of sp³-hybridized carbons (Fsp3) is 0.368. The maximum atomic E-state index is 13.3. The second kappa shape index (κ2) is 8.05. The number of rotatable bonds is 5. The lowest BCUT2D eigenvalue weighted by Gasteiger charge is -2.23. The summed E-state index contributed by atoms with van der Waals surface area (Å²) in [5.41, 5.74) is -0.135. The van der Waals surface area contributed by atoms with Crippen molar-refractivity contribution in [2.24, 2.45) is 0 Å². The minimum absolute atomic E-state index is 0.0193. The maximum absolute atomic E-state index is 13.3. The summed E-state index contributed by atoms with van der Waals surface area (Å²) in [4.78, 5) is 35.5. The zero-order valence-electron chi connectivity index (χ0n) is 15.9. The highest BCUT2D eigenvalue weighted by Crippen LogP contribution is 2.33. The summed E-state index contributed by atoms with van der Waals surface area (Å²) in [5.74, 6) is -1.28. The molecule has 1 saturated heterocycles. The van der Waals surface area contributed by atoms with Crippen molar-refractivity contribution in [2.75, 3.05) is 16.8 Å². The summed E-state index contributed by atoms with van der Waals surface area (Å²) in [5, 5.41) is 3.14. The average molecular weight is 437 g/mol. The normalized spacial score (nSPS) is 16.6. The summed E-state index contributed by atoms with van der Waals surface area (Å²) < 4.78 is 40.6. The predicted octanol–water partition coefficient (Wildman–Crippen LogP) is 3.56. The molecule has 2 aromatic heterocycles. The number of carbonyl (C=O) groups excluding carboxylic acids is 1. The van der Waals surface area contributed by atoms with E-state index in [1.54, 1.807) is 11.8 Å². The van der Waals surface area contributed by atoms with Gasteiger partial charge < -0.3 is 10.2 Å². The second-order valence-electron chi connectivity index (χ2n) is 6.82. The van der Waals surface area contributed by atoms with Crippen molar-refractivity contribution in [1.82, 2.24) is 14.5 Å². The molecule has 7 nitrogen and oxygen atoms in total. The molecule has 30 heavy (non-hydrogen) atoms. The minimum Gasteiger partial charge on any atom is -0.336 e. The molecule has 1 fully saturated rings. The molecule has 1 aromatic carbocycles. The molecule has 0 unspecified atom stereocenters. The third-order valence-electron chi connectivity index (χ3n) is 4.96. The molecule has 0 saturated carbocycles. The van der Waals surface area contributed by atoms with E-state index in [1.165, 1.54) is 24.3 Å². The van der Waals surface area contributed by atoms with Gasteiger partial charge in [0.25, 0.3) is 12.0 Å². The Labute approximate surface area is 173 Å². The Hall–Kier alpha value is -2.95. The van der Waals surface area contributed by atoms with Gasteiger partial charge in [-0.1, -0.05) is 11.3 Å². The zero-order chi connectivity index (χ0) is 21.4. The van der Waals surface area contributed by atoms with E-state index in [0.29, 0.717) is 23.8 Å². The smallest absolute Gasteiger partial charge is 0.295 e. The van der Waals surface area contributed by atoms with Gasteiger partial charge in [-0.3, -0.25) is 14.2 Å². The van der Waals surface area contributed by atoms with Crippen molar-refractivity contribution < 1.29 is 18.0 Å². The summed E-state index contributed by atoms with van der Waals surface area (Å²) in [6.45, 7) is 2.18. The van der Waals surface area contributed by atoms with Crippen molar-refractivity contribution in [1.29, 1.82) is 0 Å². The SMILES string of the molecule is CCn1c(C(F)F)nc2sc(N3CCC[C@@H]3C(=O)Nc3ccc(F)cc3)nc2c1=O. The molecule has 0 aliphatic carbocycles. The number of carbonyl (C=O) groups is 1. The number of thiazole rings is 1. The van der Waals surface area contributed by atoms with E-state index in [0.717, 1.165) is 22.3 Å². The lowest BCUT2D eigenvalue weighted by atomic mass is 10.2. The highest BCUT2D eigenvalue weighted by molar-refractivity contribution is 7.21. The van der Waals surface area contributed by atoms with Crippen molar-refractivity contribution in [3.63, 3.8) is 0 Å². The molecule has 3 aromatic rings. The topological polar surface area (TPSA) is 80.1 Å². The van der Waals surface area contributed by atoms with Crippen molar-refractivity contribution in [3.05, 3.63) is 46.3 Å². The van der Waals surface area contributed by atoms with Crippen molar-refractivity contribution in [2.45, 2.75) is 38.8 Å². The van der Waals surface area contributed by atoms with Gasteiger partial charge in [0, 0.05) is 18.8 Å². The summed E-state index contributed by atoms with van der Waals surface area (Å²) in [6, 6.07) is 4.89. The first kappa shape index (κ1) is 20.3. The first-order chi connectivity index (χ1) is 14.4. The number of aromatic nitrogens is 3. The molecular weight excluding hydrogens is 419 g/mol. The molecule has 158 valence electrons. The number of hydrogen-bond acceptors (Lipinski definition) is 6. The fourth-order valence-electron chi connectivity index (χ4n) is 3.53. The number of anilines is 2. The molecule has 1 amide bonds. The Morgan fingerprint density at radius 2 is 2.03 bits per heavy atom. The molecule has 0 spiro atoms. The van der Waals surface area contributed by atoms with Crippen LogP contribution in [0.25, 0.3) is 10.3 Å². The standard InChI is InChI=1S/C19H18F3N5O2S/c1-2-26-15(14(21)22)25-17-13(18(26)29)24-19(30-17)27-9-3-4-12(27)16(28)23-11-7-5-10(20)6-8-11/h5-8,12,14H,2-4,9H2,1H3,(H,23,28)/t12-/m1/s1. The number of alkyl halides is 2. The second-order valence-corrected chi connectivity index (χ2v) is 7.77. The number of hydrogen-bond donors (Lipinski definition) is 1. The number of benzene rings is 1. The number of amides is 1. The summed E-state index contributed by atoms with van der Waals surface area (Å²) >= 11 is 1.02. The van der Waals surface area contributed by atoms with E-state index >= 15 is 0 Å². The van der Waals surface area contributed by atoms with E-state index in [4.69, 9.17) is 0 Å². The molecule has 1 aliphatic heterocycles. The Kier molecular flexibility index (Phi) is 5.46. The van der Waals surface area contributed by atoms with Crippen LogP contribution in [-0.4, -0.2) is 33.0 Å². The van der Waals surface area contributed by atoms with Crippen LogP contribution in [0.3, 0.4) is 0 Å². The van der Waals surface area contributed by atoms with E-state index in [1.807, 2.05) is 0 Å². The van der Waals surface area contributed by atoms with Gasteiger partial charge in [-0.25, -0.2) is 23.1 Å². The lowest BCUT2D eigenvalue weighted by Crippen LogP contribution is -2.39. The first-order valence-corrected chi connectivity index (χ1v) is 10.2. The van der Waals surface area contributed by atoms with Crippen LogP contribution in [-0.2, 0) is 11.3 Å². The Balaban J connectivity index is 1.65. The zero-order valence-corrected chi connectivity index (χ0v) is 16.8.